The van der Waals surface area contributed by atoms with E-state index in [1.54, 1.807) is 7.05 Å². The summed E-state index contributed by atoms with van der Waals surface area (Å²) < 4.78 is 26.8. The van der Waals surface area contributed by atoms with Crippen LogP contribution in [0.4, 0.5) is 26.2 Å². The van der Waals surface area contributed by atoms with Crippen LogP contribution < -0.4 is 10.6 Å². The van der Waals surface area contributed by atoms with Crippen LogP contribution in [0.5, 0.6) is 0 Å². The van der Waals surface area contributed by atoms with Gasteiger partial charge in [-0.05, 0) is 12.1 Å². The Labute approximate surface area is 112 Å². The average molecular weight is 276 g/mol. The molecule has 8 heteroatoms. The number of hydrogen-bond donors (Lipinski definition) is 3. The lowest BCUT2D eigenvalue weighted by atomic mass is 10.3. The van der Waals surface area contributed by atoms with Gasteiger partial charge < -0.3 is 15.6 Å². The first kappa shape index (κ1) is 12.3. The number of fused-ring (bicyclic) bond motifs is 1. The highest BCUT2D eigenvalue weighted by molar-refractivity contribution is 5.86. The second-order valence-corrected chi connectivity index (χ2v) is 4.00. The van der Waals surface area contributed by atoms with Gasteiger partial charge in [0.05, 0.1) is 12.0 Å². The van der Waals surface area contributed by atoms with E-state index in [0.29, 0.717) is 22.9 Å². The van der Waals surface area contributed by atoms with E-state index in [1.807, 2.05) is 0 Å². The molecule has 102 valence electrons. The predicted molar refractivity (Wildman–Crippen MR) is 70.9 cm³/mol. The maximum atomic E-state index is 13.6. The Kier molecular flexibility index (Phi) is 2.90. The van der Waals surface area contributed by atoms with Crippen LogP contribution in [0.3, 0.4) is 0 Å². The van der Waals surface area contributed by atoms with Gasteiger partial charge in [0.1, 0.15) is 17.2 Å². The summed E-state index contributed by atoms with van der Waals surface area (Å²) in [6.07, 6.45) is 1.45. The molecule has 0 unspecified atom stereocenters. The molecule has 3 rings (SSSR count). The first-order chi connectivity index (χ1) is 9.67. The number of imidazole rings is 1. The van der Waals surface area contributed by atoms with Crippen molar-refractivity contribution < 1.29 is 8.78 Å². The molecule has 2 heterocycles. The lowest BCUT2D eigenvalue weighted by Crippen LogP contribution is -2.03. The first-order valence-electron chi connectivity index (χ1n) is 5.78. The number of H-pyrrole nitrogens is 1. The summed E-state index contributed by atoms with van der Waals surface area (Å²) in [5.41, 5.74) is 0.915. The monoisotopic (exact) mass is 276 g/mol. The summed E-state index contributed by atoms with van der Waals surface area (Å²) in [6, 6.07) is 3.14. The second-order valence-electron chi connectivity index (χ2n) is 4.00. The van der Waals surface area contributed by atoms with Crippen LogP contribution in [-0.2, 0) is 0 Å². The molecule has 0 fully saturated rings. The zero-order valence-corrected chi connectivity index (χ0v) is 10.4. The van der Waals surface area contributed by atoms with Crippen molar-refractivity contribution in [2.45, 2.75) is 0 Å². The molecule has 0 aliphatic carbocycles. The number of nitrogens with zero attached hydrogens (tertiary/aromatic N) is 3. The Morgan fingerprint density at radius 2 is 2.05 bits per heavy atom. The van der Waals surface area contributed by atoms with E-state index in [1.165, 1.54) is 6.33 Å². The summed E-state index contributed by atoms with van der Waals surface area (Å²) in [4.78, 5) is 15.2. The Bertz CT molecular complexity index is 770. The number of benzene rings is 1. The average Bonchev–Trinajstić information content (AvgIpc) is 2.91. The van der Waals surface area contributed by atoms with E-state index in [-0.39, 0.29) is 5.69 Å². The lowest BCUT2D eigenvalue weighted by molar-refractivity contribution is 0.603. The second kappa shape index (κ2) is 4.72. The largest absolute Gasteiger partial charge is 0.357 e. The minimum absolute atomic E-state index is 0.0124. The minimum atomic E-state index is -0.580. The van der Waals surface area contributed by atoms with Crippen molar-refractivity contribution in [2.75, 3.05) is 17.7 Å². The van der Waals surface area contributed by atoms with Crippen molar-refractivity contribution in [1.82, 2.24) is 19.9 Å². The fourth-order valence-corrected chi connectivity index (χ4v) is 1.76. The van der Waals surface area contributed by atoms with Gasteiger partial charge in [-0.1, -0.05) is 0 Å². The van der Waals surface area contributed by atoms with Crippen LogP contribution >= 0.6 is 0 Å². The molecule has 0 saturated heterocycles. The van der Waals surface area contributed by atoms with Crippen LogP contribution in [-0.4, -0.2) is 27.0 Å². The third-order valence-electron chi connectivity index (χ3n) is 2.69. The number of hydrogen-bond acceptors (Lipinski definition) is 5. The molecule has 0 atom stereocenters. The van der Waals surface area contributed by atoms with E-state index in [4.69, 9.17) is 0 Å². The molecule has 2 aromatic heterocycles. The molecule has 3 N–H and O–H groups in total. The van der Waals surface area contributed by atoms with Crippen molar-refractivity contribution in [3.63, 3.8) is 0 Å². The summed E-state index contributed by atoms with van der Waals surface area (Å²) in [7, 11) is 1.65. The van der Waals surface area contributed by atoms with Gasteiger partial charge in [-0.15, -0.1) is 0 Å². The van der Waals surface area contributed by atoms with Gasteiger partial charge in [0, 0.05) is 13.1 Å². The van der Waals surface area contributed by atoms with Crippen LogP contribution in [0.2, 0.25) is 0 Å². The smallest absolute Gasteiger partial charge is 0.226 e. The molecule has 0 aliphatic rings. The van der Waals surface area contributed by atoms with Gasteiger partial charge in [0.2, 0.25) is 5.95 Å². The van der Waals surface area contributed by atoms with E-state index >= 15 is 0 Å². The van der Waals surface area contributed by atoms with Gasteiger partial charge >= 0.3 is 0 Å². The molecule has 0 spiro atoms. The Balaban J connectivity index is 2.09. The van der Waals surface area contributed by atoms with Gasteiger partial charge in [0.25, 0.3) is 0 Å². The number of halogens is 2. The topological polar surface area (TPSA) is 78.5 Å². The van der Waals surface area contributed by atoms with Crippen molar-refractivity contribution in [3.05, 3.63) is 36.2 Å². The van der Waals surface area contributed by atoms with Gasteiger partial charge in [0.15, 0.2) is 11.5 Å². The zero-order chi connectivity index (χ0) is 14.1. The molecule has 6 nitrogen and oxygen atoms in total. The highest BCUT2D eigenvalue weighted by Crippen LogP contribution is 2.24. The summed E-state index contributed by atoms with van der Waals surface area (Å²) in [5, 5.41) is 5.52. The van der Waals surface area contributed by atoms with Crippen LogP contribution in [0, 0.1) is 11.6 Å². The molecule has 0 bridgehead atoms. The number of anilines is 3. The van der Waals surface area contributed by atoms with E-state index in [9.17, 15) is 8.78 Å². The molecular weight excluding hydrogens is 266 g/mol. The summed E-state index contributed by atoms with van der Waals surface area (Å²) in [6.45, 7) is 0. The maximum Gasteiger partial charge on any atom is 0.226 e. The molecule has 1 aromatic carbocycles. The number of nitrogens with one attached hydrogen (secondary N) is 3. The van der Waals surface area contributed by atoms with Crippen molar-refractivity contribution in [1.29, 1.82) is 0 Å². The van der Waals surface area contributed by atoms with Crippen LogP contribution in [0.25, 0.3) is 11.2 Å². The third kappa shape index (κ3) is 2.11. The van der Waals surface area contributed by atoms with Crippen molar-refractivity contribution in [2.24, 2.45) is 0 Å². The Morgan fingerprint density at radius 3 is 2.85 bits per heavy atom. The first-order valence-corrected chi connectivity index (χ1v) is 5.78. The molecule has 0 saturated carbocycles. The van der Waals surface area contributed by atoms with Crippen molar-refractivity contribution in [3.8, 4) is 0 Å². The highest BCUT2D eigenvalue weighted by atomic mass is 19.1. The maximum absolute atomic E-state index is 13.6. The molecular formula is C12H10F2N6. The summed E-state index contributed by atoms with van der Waals surface area (Å²) in [5.74, 6) is -0.494. The molecule has 0 amide bonds. The van der Waals surface area contributed by atoms with E-state index in [2.05, 4.69) is 30.6 Å². The fraction of sp³-hybridized carbons (Fsp3) is 0.0833. The quantitative estimate of drug-likeness (QED) is 0.684. The van der Waals surface area contributed by atoms with Crippen molar-refractivity contribution >= 4 is 28.6 Å². The SMILES string of the molecule is CNc1nc(Nc2cc(F)ccc2F)c2[nH]cnc2n1. The predicted octanol–water partition coefficient (Wildman–Crippen LogP) is 2.42. The van der Waals surface area contributed by atoms with Crippen LogP contribution in [0.1, 0.15) is 0 Å². The Hall–Kier alpha value is -2.77. The molecule has 3 aromatic rings. The lowest BCUT2D eigenvalue weighted by Gasteiger charge is -2.09. The highest BCUT2D eigenvalue weighted by Gasteiger charge is 2.12. The van der Waals surface area contributed by atoms with Gasteiger partial charge in [-0.2, -0.15) is 9.97 Å². The standard InChI is InChI=1S/C12H10F2N6/c1-15-12-19-10-9(16-5-17-10)11(20-12)18-8-4-6(13)2-3-7(8)14/h2-5H,1H3,(H3,15,16,17,18,19,20). The third-order valence-corrected chi connectivity index (χ3v) is 2.69. The number of rotatable bonds is 3. The fourth-order valence-electron chi connectivity index (χ4n) is 1.76. The van der Waals surface area contributed by atoms with E-state index in [0.717, 1.165) is 18.2 Å². The normalized spacial score (nSPS) is 10.8. The number of aromatic nitrogens is 4. The number of aromatic amines is 1. The van der Waals surface area contributed by atoms with Crippen LogP contribution in [0.15, 0.2) is 24.5 Å². The zero-order valence-electron chi connectivity index (χ0n) is 10.4. The summed E-state index contributed by atoms with van der Waals surface area (Å²) >= 11 is 0. The molecule has 0 aliphatic heterocycles. The molecule has 20 heavy (non-hydrogen) atoms. The van der Waals surface area contributed by atoms with Gasteiger partial charge in [-0.25, -0.2) is 13.8 Å². The Morgan fingerprint density at radius 1 is 1.20 bits per heavy atom. The van der Waals surface area contributed by atoms with E-state index < -0.39 is 11.6 Å². The molecule has 0 radical (unpaired) electrons. The van der Waals surface area contributed by atoms with Gasteiger partial charge in [-0.3, -0.25) is 0 Å². The minimum Gasteiger partial charge on any atom is -0.357 e.